The summed E-state index contributed by atoms with van der Waals surface area (Å²) in [7, 11) is 0. The minimum absolute atomic E-state index is 0.395. The number of hydrogen-bond donors (Lipinski definition) is 0. The molecule has 0 bridgehead atoms. The molecule has 1 heterocycles. The summed E-state index contributed by atoms with van der Waals surface area (Å²) in [5, 5.41) is 0.668. The van der Waals surface area contributed by atoms with Gasteiger partial charge in [-0.25, -0.2) is 4.39 Å². The van der Waals surface area contributed by atoms with E-state index in [1.54, 1.807) is 4.90 Å². The maximum absolute atomic E-state index is 14.0. The zero-order valence-electron chi connectivity index (χ0n) is 15.4. The summed E-state index contributed by atoms with van der Waals surface area (Å²) < 4.78 is 57.2. The lowest BCUT2D eigenvalue weighted by molar-refractivity contribution is -0.140. The van der Waals surface area contributed by atoms with Crippen molar-refractivity contribution in [2.45, 2.75) is 12.7 Å². The van der Waals surface area contributed by atoms with Crippen LogP contribution in [0.5, 0.6) is 5.75 Å². The highest BCUT2D eigenvalue weighted by molar-refractivity contribution is 6.30. The smallest absolute Gasteiger partial charge is 0.419 e. The SMILES string of the molecule is O=C(COc1cccc(C(F)(F)F)c1F)N1CCN(Cc2ccc(Cl)cc2)CC1. The average molecular weight is 431 g/mol. The molecule has 0 aromatic heterocycles. The first-order valence-corrected chi connectivity index (χ1v) is 9.35. The van der Waals surface area contributed by atoms with Gasteiger partial charge in [0.05, 0.1) is 5.56 Å². The molecule has 3 rings (SSSR count). The Labute approximate surface area is 170 Å². The van der Waals surface area contributed by atoms with Crippen molar-refractivity contribution in [1.29, 1.82) is 0 Å². The molecule has 4 nitrogen and oxygen atoms in total. The summed E-state index contributed by atoms with van der Waals surface area (Å²) in [6.07, 6.45) is -4.83. The summed E-state index contributed by atoms with van der Waals surface area (Å²) in [5.74, 6) is -2.50. The second-order valence-electron chi connectivity index (χ2n) is 6.69. The van der Waals surface area contributed by atoms with Crippen molar-refractivity contribution < 1.29 is 27.1 Å². The second kappa shape index (κ2) is 9.00. The number of carbonyl (C=O) groups excluding carboxylic acids is 1. The third-order valence-corrected chi connectivity index (χ3v) is 4.92. The van der Waals surface area contributed by atoms with Gasteiger partial charge in [0.2, 0.25) is 0 Å². The van der Waals surface area contributed by atoms with E-state index in [2.05, 4.69) is 4.90 Å². The molecule has 1 saturated heterocycles. The Morgan fingerprint density at radius 2 is 1.69 bits per heavy atom. The van der Waals surface area contributed by atoms with E-state index in [9.17, 15) is 22.4 Å². The van der Waals surface area contributed by atoms with Crippen LogP contribution < -0.4 is 4.74 Å². The summed E-state index contributed by atoms with van der Waals surface area (Å²) in [4.78, 5) is 16.0. The monoisotopic (exact) mass is 430 g/mol. The lowest BCUT2D eigenvalue weighted by Crippen LogP contribution is -2.49. The zero-order valence-corrected chi connectivity index (χ0v) is 16.1. The van der Waals surface area contributed by atoms with E-state index in [-0.39, 0.29) is 0 Å². The molecule has 0 saturated carbocycles. The fourth-order valence-electron chi connectivity index (χ4n) is 3.08. The van der Waals surface area contributed by atoms with Crippen LogP contribution in [-0.2, 0) is 17.5 Å². The highest BCUT2D eigenvalue weighted by Gasteiger charge is 2.35. The standard InChI is InChI=1S/C20H19ClF4N2O2/c21-15-6-4-14(5-7-15)12-26-8-10-27(11-9-26)18(28)13-29-17-3-1-2-16(19(17)22)20(23,24)25/h1-7H,8-13H2. The third-order valence-electron chi connectivity index (χ3n) is 4.66. The van der Waals surface area contributed by atoms with Crippen molar-refractivity contribution in [1.82, 2.24) is 9.80 Å². The van der Waals surface area contributed by atoms with Crippen molar-refractivity contribution in [3.8, 4) is 5.75 Å². The van der Waals surface area contributed by atoms with Crippen molar-refractivity contribution in [3.05, 3.63) is 64.4 Å². The molecule has 1 aliphatic heterocycles. The van der Waals surface area contributed by atoms with E-state index in [1.807, 2.05) is 24.3 Å². The largest absolute Gasteiger partial charge is 0.481 e. The molecule has 0 aliphatic carbocycles. The van der Waals surface area contributed by atoms with Gasteiger partial charge < -0.3 is 9.64 Å². The predicted octanol–water partition coefficient (Wildman–Crippen LogP) is 4.22. The van der Waals surface area contributed by atoms with Gasteiger partial charge in [-0.1, -0.05) is 29.8 Å². The normalized spacial score (nSPS) is 15.4. The molecule has 1 fully saturated rings. The molecular formula is C20H19ClF4N2O2. The van der Waals surface area contributed by atoms with E-state index >= 15 is 0 Å². The van der Waals surface area contributed by atoms with Crippen molar-refractivity contribution in [2.75, 3.05) is 32.8 Å². The van der Waals surface area contributed by atoms with Crippen LogP contribution in [0.2, 0.25) is 5.02 Å². The molecule has 1 aliphatic rings. The van der Waals surface area contributed by atoms with Crippen molar-refractivity contribution in [2.24, 2.45) is 0 Å². The molecule has 0 radical (unpaired) electrons. The Kier molecular flexibility index (Phi) is 6.64. The summed E-state index contributed by atoms with van der Waals surface area (Å²) in [6.45, 7) is 2.42. The number of piperazine rings is 1. The maximum Gasteiger partial charge on any atom is 0.419 e. The van der Waals surface area contributed by atoms with Crippen LogP contribution in [0.1, 0.15) is 11.1 Å². The van der Waals surface area contributed by atoms with Gasteiger partial charge in [-0.2, -0.15) is 13.2 Å². The number of hydrogen-bond acceptors (Lipinski definition) is 3. The van der Waals surface area contributed by atoms with E-state index in [0.29, 0.717) is 37.3 Å². The fraction of sp³-hybridized carbons (Fsp3) is 0.350. The van der Waals surface area contributed by atoms with Gasteiger partial charge in [-0.15, -0.1) is 0 Å². The van der Waals surface area contributed by atoms with Crippen LogP contribution in [0.3, 0.4) is 0 Å². The zero-order chi connectivity index (χ0) is 21.0. The number of halogens is 5. The van der Waals surface area contributed by atoms with Crippen LogP contribution in [0.25, 0.3) is 0 Å². The minimum Gasteiger partial charge on any atom is -0.481 e. The number of amides is 1. The van der Waals surface area contributed by atoms with E-state index in [1.165, 1.54) is 0 Å². The maximum atomic E-state index is 14.0. The van der Waals surface area contributed by atoms with Crippen LogP contribution in [0, 0.1) is 5.82 Å². The molecule has 1 amide bonds. The van der Waals surface area contributed by atoms with Gasteiger partial charge in [0.25, 0.3) is 5.91 Å². The fourth-order valence-corrected chi connectivity index (χ4v) is 3.20. The molecule has 0 atom stereocenters. The first-order valence-electron chi connectivity index (χ1n) is 8.97. The summed E-state index contributed by atoms with van der Waals surface area (Å²) in [5.41, 5.74) is -0.309. The van der Waals surface area contributed by atoms with Gasteiger partial charge >= 0.3 is 6.18 Å². The Hall–Kier alpha value is -2.32. The number of ether oxygens (including phenoxy) is 1. The Morgan fingerprint density at radius 3 is 2.31 bits per heavy atom. The molecule has 2 aromatic carbocycles. The highest BCUT2D eigenvalue weighted by atomic mass is 35.5. The van der Waals surface area contributed by atoms with Gasteiger partial charge in [0.1, 0.15) is 0 Å². The van der Waals surface area contributed by atoms with Crippen molar-refractivity contribution >= 4 is 17.5 Å². The first-order chi connectivity index (χ1) is 13.7. The quantitative estimate of drug-likeness (QED) is 0.666. The van der Waals surface area contributed by atoms with E-state index in [4.69, 9.17) is 16.3 Å². The van der Waals surface area contributed by atoms with E-state index in [0.717, 1.165) is 24.2 Å². The number of alkyl halides is 3. The van der Waals surface area contributed by atoms with Gasteiger partial charge in [0.15, 0.2) is 18.2 Å². The molecule has 9 heteroatoms. The Morgan fingerprint density at radius 1 is 1.03 bits per heavy atom. The Balaban J connectivity index is 1.50. The first kappa shape index (κ1) is 21.4. The molecule has 29 heavy (non-hydrogen) atoms. The van der Waals surface area contributed by atoms with Gasteiger partial charge in [-0.05, 0) is 29.8 Å². The lowest BCUT2D eigenvalue weighted by Gasteiger charge is -2.34. The predicted molar refractivity (Wildman–Crippen MR) is 100 cm³/mol. The summed E-state index contributed by atoms with van der Waals surface area (Å²) >= 11 is 5.87. The molecule has 156 valence electrons. The molecule has 0 N–H and O–H groups in total. The average Bonchev–Trinajstić information content (AvgIpc) is 2.68. The molecule has 0 spiro atoms. The number of nitrogens with zero attached hydrogens (tertiary/aromatic N) is 2. The number of rotatable bonds is 5. The van der Waals surface area contributed by atoms with Gasteiger partial charge in [-0.3, -0.25) is 9.69 Å². The third kappa shape index (κ3) is 5.61. The topological polar surface area (TPSA) is 32.8 Å². The lowest BCUT2D eigenvalue weighted by atomic mass is 10.2. The van der Waals surface area contributed by atoms with E-state index < -0.39 is 35.8 Å². The molecule has 0 unspecified atom stereocenters. The molecule has 2 aromatic rings. The van der Waals surface area contributed by atoms with Crippen LogP contribution in [0.15, 0.2) is 42.5 Å². The van der Waals surface area contributed by atoms with Crippen molar-refractivity contribution in [3.63, 3.8) is 0 Å². The van der Waals surface area contributed by atoms with Crippen LogP contribution >= 0.6 is 11.6 Å². The van der Waals surface area contributed by atoms with Gasteiger partial charge in [0, 0.05) is 37.7 Å². The number of benzene rings is 2. The second-order valence-corrected chi connectivity index (χ2v) is 7.12. The minimum atomic E-state index is -4.83. The van der Waals surface area contributed by atoms with Crippen LogP contribution in [0.4, 0.5) is 17.6 Å². The molecular weight excluding hydrogens is 412 g/mol. The highest BCUT2D eigenvalue weighted by Crippen LogP contribution is 2.34. The van der Waals surface area contributed by atoms with Crippen LogP contribution in [-0.4, -0.2) is 48.5 Å². The summed E-state index contributed by atoms with van der Waals surface area (Å²) in [6, 6.07) is 10.3. The Bertz CT molecular complexity index is 851. The number of carbonyl (C=O) groups is 1.